The van der Waals surface area contributed by atoms with Crippen LogP contribution >= 0.6 is 15.9 Å². The molecular formula is C20H24BrNO. The Morgan fingerprint density at radius 2 is 2.00 bits per heavy atom. The van der Waals surface area contributed by atoms with Crippen molar-refractivity contribution in [3.05, 3.63) is 46.0 Å². The van der Waals surface area contributed by atoms with Gasteiger partial charge in [0.15, 0.2) is 0 Å². The van der Waals surface area contributed by atoms with Crippen LogP contribution in [0.15, 0.2) is 40.4 Å². The Morgan fingerprint density at radius 1 is 1.17 bits per heavy atom. The van der Waals surface area contributed by atoms with Crippen molar-refractivity contribution in [1.82, 2.24) is 4.90 Å². The van der Waals surface area contributed by atoms with Gasteiger partial charge in [-0.1, -0.05) is 53.0 Å². The SMILES string of the molecule is O=C(C1=CCC2CCCC1C2)N(Cc1ccccc1Br)C1CC1. The number of halogens is 1. The quantitative estimate of drug-likeness (QED) is 0.720. The van der Waals surface area contributed by atoms with Crippen molar-refractivity contribution in [3.8, 4) is 0 Å². The van der Waals surface area contributed by atoms with E-state index in [9.17, 15) is 4.79 Å². The first kappa shape index (κ1) is 15.4. The maximum Gasteiger partial charge on any atom is 0.250 e. The number of rotatable bonds is 4. The van der Waals surface area contributed by atoms with E-state index in [2.05, 4.69) is 45.1 Å². The van der Waals surface area contributed by atoms with E-state index >= 15 is 0 Å². The lowest BCUT2D eigenvalue weighted by Gasteiger charge is -2.36. The van der Waals surface area contributed by atoms with Gasteiger partial charge in [0.2, 0.25) is 5.91 Å². The van der Waals surface area contributed by atoms with E-state index in [1.165, 1.54) is 31.2 Å². The highest BCUT2D eigenvalue weighted by Crippen LogP contribution is 2.42. The Bertz CT molecular complexity index is 634. The first-order valence-electron chi connectivity index (χ1n) is 8.97. The van der Waals surface area contributed by atoms with Crippen molar-refractivity contribution in [2.75, 3.05) is 0 Å². The third-order valence-corrected chi connectivity index (χ3v) is 6.46. The summed E-state index contributed by atoms with van der Waals surface area (Å²) >= 11 is 3.63. The molecule has 0 aromatic heterocycles. The average Bonchev–Trinajstić information content (AvgIpc) is 3.39. The summed E-state index contributed by atoms with van der Waals surface area (Å²) in [5, 5.41) is 0. The van der Waals surface area contributed by atoms with Crippen molar-refractivity contribution < 1.29 is 4.79 Å². The second kappa shape index (κ2) is 6.43. The van der Waals surface area contributed by atoms with Gasteiger partial charge >= 0.3 is 0 Å². The molecule has 0 spiro atoms. The molecule has 1 aromatic rings. The molecule has 4 rings (SSSR count). The van der Waals surface area contributed by atoms with Crippen LogP contribution in [0.2, 0.25) is 0 Å². The highest BCUT2D eigenvalue weighted by molar-refractivity contribution is 9.10. The summed E-state index contributed by atoms with van der Waals surface area (Å²) in [4.78, 5) is 15.4. The zero-order valence-electron chi connectivity index (χ0n) is 13.5. The monoisotopic (exact) mass is 373 g/mol. The highest BCUT2D eigenvalue weighted by atomic mass is 79.9. The number of fused-ring (bicyclic) bond motifs is 2. The number of nitrogens with zero attached hydrogens (tertiary/aromatic N) is 1. The molecule has 2 unspecified atom stereocenters. The van der Waals surface area contributed by atoms with Crippen molar-refractivity contribution in [2.45, 2.75) is 57.5 Å². The van der Waals surface area contributed by atoms with E-state index in [-0.39, 0.29) is 0 Å². The fraction of sp³-hybridized carbons (Fsp3) is 0.550. The Morgan fingerprint density at radius 3 is 2.78 bits per heavy atom. The van der Waals surface area contributed by atoms with Crippen LogP contribution in [-0.4, -0.2) is 16.8 Å². The van der Waals surface area contributed by atoms with Crippen LogP contribution in [0.4, 0.5) is 0 Å². The molecule has 0 saturated heterocycles. The van der Waals surface area contributed by atoms with Crippen LogP contribution in [0.5, 0.6) is 0 Å². The van der Waals surface area contributed by atoms with Gasteiger partial charge < -0.3 is 4.90 Å². The van der Waals surface area contributed by atoms with E-state index in [4.69, 9.17) is 0 Å². The van der Waals surface area contributed by atoms with E-state index in [1.807, 2.05) is 6.07 Å². The summed E-state index contributed by atoms with van der Waals surface area (Å²) in [6, 6.07) is 8.73. The van der Waals surface area contributed by atoms with Crippen molar-refractivity contribution in [2.24, 2.45) is 11.8 Å². The second-order valence-corrected chi connectivity index (χ2v) is 8.23. The Hall–Kier alpha value is -1.09. The molecule has 3 heteroatoms. The Balaban J connectivity index is 1.55. The molecule has 1 aromatic carbocycles. The fourth-order valence-electron chi connectivity index (χ4n) is 4.24. The van der Waals surface area contributed by atoms with Gasteiger partial charge in [0.05, 0.1) is 0 Å². The van der Waals surface area contributed by atoms with Gasteiger partial charge in [-0.2, -0.15) is 0 Å². The number of benzene rings is 1. The van der Waals surface area contributed by atoms with Crippen LogP contribution in [0, 0.1) is 11.8 Å². The summed E-state index contributed by atoms with van der Waals surface area (Å²) < 4.78 is 1.11. The first-order valence-corrected chi connectivity index (χ1v) is 9.76. The molecule has 3 aliphatic rings. The molecule has 2 nitrogen and oxygen atoms in total. The molecule has 0 heterocycles. The van der Waals surface area contributed by atoms with Gasteiger partial charge in [-0.05, 0) is 55.6 Å². The molecule has 2 fully saturated rings. The lowest BCUT2D eigenvalue weighted by atomic mass is 9.72. The maximum atomic E-state index is 13.2. The van der Waals surface area contributed by atoms with Crippen LogP contribution in [-0.2, 0) is 11.3 Å². The van der Waals surface area contributed by atoms with Crippen LogP contribution in [0.25, 0.3) is 0 Å². The van der Waals surface area contributed by atoms with Gasteiger partial charge in [-0.3, -0.25) is 4.79 Å². The van der Waals surface area contributed by atoms with Crippen molar-refractivity contribution in [1.29, 1.82) is 0 Å². The van der Waals surface area contributed by atoms with Crippen molar-refractivity contribution >= 4 is 21.8 Å². The average molecular weight is 374 g/mol. The molecule has 0 aliphatic heterocycles. The number of hydrogen-bond donors (Lipinski definition) is 0. The minimum Gasteiger partial charge on any atom is -0.332 e. The van der Waals surface area contributed by atoms with Crippen LogP contribution in [0.3, 0.4) is 0 Å². The lowest BCUT2D eigenvalue weighted by molar-refractivity contribution is -0.129. The normalized spacial score (nSPS) is 26.6. The van der Waals surface area contributed by atoms with Gasteiger partial charge in [0.1, 0.15) is 0 Å². The van der Waals surface area contributed by atoms with Crippen molar-refractivity contribution in [3.63, 3.8) is 0 Å². The molecule has 2 bridgehead atoms. The summed E-state index contributed by atoms with van der Waals surface area (Å²) in [5.74, 6) is 1.67. The van der Waals surface area contributed by atoms with Gasteiger partial charge in [0.25, 0.3) is 0 Å². The Labute approximate surface area is 147 Å². The summed E-state index contributed by atoms with van der Waals surface area (Å²) in [5.41, 5.74) is 2.34. The fourth-order valence-corrected chi connectivity index (χ4v) is 4.65. The minimum absolute atomic E-state index is 0.314. The summed E-state index contributed by atoms with van der Waals surface area (Å²) in [6.07, 6.45) is 10.8. The van der Waals surface area contributed by atoms with Gasteiger partial charge in [-0.25, -0.2) is 0 Å². The third kappa shape index (κ3) is 3.26. The maximum absolute atomic E-state index is 13.2. The number of amides is 1. The molecule has 0 radical (unpaired) electrons. The van der Waals surface area contributed by atoms with E-state index in [1.54, 1.807) is 0 Å². The topological polar surface area (TPSA) is 20.3 Å². The van der Waals surface area contributed by atoms with Gasteiger partial charge in [0, 0.05) is 22.6 Å². The number of hydrogen-bond acceptors (Lipinski definition) is 1. The minimum atomic E-state index is 0.314. The van der Waals surface area contributed by atoms with E-state index in [0.717, 1.165) is 41.8 Å². The molecule has 0 N–H and O–H groups in total. The molecule has 1 amide bonds. The predicted octanol–water partition coefficient (Wildman–Crippen LogP) is 5.08. The number of carbonyl (C=O) groups excluding carboxylic acids is 1. The van der Waals surface area contributed by atoms with Crippen LogP contribution < -0.4 is 0 Å². The Kier molecular flexibility index (Phi) is 4.31. The van der Waals surface area contributed by atoms with Gasteiger partial charge in [-0.15, -0.1) is 0 Å². The zero-order valence-corrected chi connectivity index (χ0v) is 15.1. The molecule has 122 valence electrons. The third-order valence-electron chi connectivity index (χ3n) is 5.69. The second-order valence-electron chi connectivity index (χ2n) is 7.38. The summed E-state index contributed by atoms with van der Waals surface area (Å²) in [6.45, 7) is 0.735. The number of carbonyl (C=O) groups is 1. The predicted molar refractivity (Wildman–Crippen MR) is 95.9 cm³/mol. The highest BCUT2D eigenvalue weighted by Gasteiger charge is 2.38. The lowest BCUT2D eigenvalue weighted by Crippen LogP contribution is -2.37. The van der Waals surface area contributed by atoms with Crippen LogP contribution in [0.1, 0.15) is 50.5 Å². The first-order chi connectivity index (χ1) is 11.2. The molecule has 23 heavy (non-hydrogen) atoms. The summed E-state index contributed by atoms with van der Waals surface area (Å²) in [7, 11) is 0. The zero-order chi connectivity index (χ0) is 15.8. The molecule has 2 atom stereocenters. The molecule has 3 aliphatic carbocycles. The van der Waals surface area contributed by atoms with E-state index < -0.39 is 0 Å². The van der Waals surface area contributed by atoms with E-state index in [0.29, 0.717) is 17.9 Å². The molecule has 2 saturated carbocycles. The molecular weight excluding hydrogens is 350 g/mol. The largest absolute Gasteiger partial charge is 0.332 e. The standard InChI is InChI=1S/C20H24BrNO/c21-19-7-2-1-5-16(19)13-22(17-9-10-17)20(23)18-11-8-14-4-3-6-15(18)12-14/h1-2,5,7,11,14-15,17H,3-4,6,8-10,12-13H2. The number of allylic oxidation sites excluding steroid dienone is 1. The smallest absolute Gasteiger partial charge is 0.250 e.